The minimum absolute atomic E-state index is 0.223. The Kier molecular flexibility index (Phi) is 11.3. The van der Waals surface area contributed by atoms with Crippen molar-refractivity contribution in [2.24, 2.45) is 0 Å². The van der Waals surface area contributed by atoms with Crippen LogP contribution in [-0.4, -0.2) is 113 Å². The smallest absolute Gasteiger partial charge is 0.267 e. The first-order valence-electron chi connectivity index (χ1n) is 19.0. The number of pyridine rings is 1. The van der Waals surface area contributed by atoms with Crippen molar-refractivity contribution < 1.29 is 26.4 Å². The lowest BCUT2D eigenvalue weighted by Crippen LogP contribution is -2.52. The van der Waals surface area contributed by atoms with E-state index in [2.05, 4.69) is 41.2 Å². The molecule has 9 rings (SSSR count). The maximum absolute atomic E-state index is 13.0. The van der Waals surface area contributed by atoms with Gasteiger partial charge in [-0.15, -0.1) is 0 Å². The molecule has 0 radical (unpaired) electrons. The molecule has 17 nitrogen and oxygen atoms in total. The summed E-state index contributed by atoms with van der Waals surface area (Å²) in [6.07, 6.45) is 11.9. The number of benzene rings is 2. The van der Waals surface area contributed by atoms with Gasteiger partial charge in [0.1, 0.15) is 5.69 Å². The maximum atomic E-state index is 13.0. The first-order valence-corrected chi connectivity index (χ1v) is 21.8. The molecule has 19 heteroatoms. The van der Waals surface area contributed by atoms with Gasteiger partial charge in [0.15, 0.2) is 0 Å². The number of nitrogens with zero attached hydrogens (tertiary/aromatic N) is 6. The first-order chi connectivity index (χ1) is 28.0. The second-order valence-corrected chi connectivity index (χ2v) is 18.3. The van der Waals surface area contributed by atoms with E-state index in [-0.39, 0.29) is 35.3 Å². The molecule has 3 aliphatic heterocycles. The van der Waals surface area contributed by atoms with Crippen molar-refractivity contribution in [2.45, 2.75) is 47.8 Å². The van der Waals surface area contributed by atoms with Crippen LogP contribution in [0.5, 0.6) is 0 Å². The molecule has 2 unspecified atom stereocenters. The van der Waals surface area contributed by atoms with Crippen molar-refractivity contribution in [3.05, 3.63) is 120 Å². The van der Waals surface area contributed by atoms with Gasteiger partial charge in [-0.05, 0) is 60.4 Å². The lowest BCUT2D eigenvalue weighted by atomic mass is 10.2. The summed E-state index contributed by atoms with van der Waals surface area (Å²) in [4.78, 5) is 40.6. The molecule has 3 fully saturated rings. The zero-order chi connectivity index (χ0) is 40.3. The van der Waals surface area contributed by atoms with Gasteiger partial charge in [-0.3, -0.25) is 19.0 Å². The highest BCUT2D eigenvalue weighted by molar-refractivity contribution is 7.89. The lowest BCUT2D eigenvalue weighted by Gasteiger charge is -2.32. The molecule has 3 saturated heterocycles. The molecule has 2 bridgehead atoms. The van der Waals surface area contributed by atoms with Gasteiger partial charge < -0.3 is 26.3 Å². The summed E-state index contributed by atoms with van der Waals surface area (Å²) in [5.41, 5.74) is 3.38. The van der Waals surface area contributed by atoms with E-state index in [1.54, 1.807) is 94.3 Å². The molecule has 0 aliphatic carbocycles. The summed E-state index contributed by atoms with van der Waals surface area (Å²) in [6.45, 7) is 3.89. The Balaban J connectivity index is 0.000000162. The number of imidazole rings is 1. The fourth-order valence-electron chi connectivity index (χ4n) is 7.28. The summed E-state index contributed by atoms with van der Waals surface area (Å²) < 4.78 is 56.0. The number of H-pyrrole nitrogens is 1. The van der Waals surface area contributed by atoms with Crippen LogP contribution in [0.25, 0.3) is 16.7 Å². The standard InChI is InChI=1S/C21H23N5O3S.C18H20N6O3S/c27-21(20-9-15-11-22-8-7-19(15)25-20)23-10-14-1-5-18(6-2-14)30(28,29)26-12-16-3-4-17(13-26)24-16;25-17(15-12-22-18-20-7-8-23(18)13-15)21-11-14-1-3-16(4-2-14)28(26,27)24-9-5-19-6-10-24/h1-2,5-9,11,16-17,24-25H,3-4,10,12-13H2,(H,23,27);1-4,7-8,12-13,19H,5-6,9-11H2,(H,21,25). The van der Waals surface area contributed by atoms with E-state index in [0.29, 0.717) is 67.7 Å². The molecule has 302 valence electrons. The molecule has 0 saturated carbocycles. The average molecular weight is 826 g/mol. The average Bonchev–Trinajstić information content (AvgIpc) is 4.00. The Bertz CT molecular complexity index is 2600. The van der Waals surface area contributed by atoms with Crippen LogP contribution >= 0.6 is 0 Å². The van der Waals surface area contributed by atoms with Crippen LogP contribution in [0.1, 0.15) is 44.8 Å². The van der Waals surface area contributed by atoms with Crippen molar-refractivity contribution in [1.29, 1.82) is 0 Å². The highest BCUT2D eigenvalue weighted by atomic mass is 32.2. The van der Waals surface area contributed by atoms with Gasteiger partial charge in [0, 0.05) is 113 Å². The van der Waals surface area contributed by atoms with Gasteiger partial charge in [-0.2, -0.15) is 8.61 Å². The second-order valence-electron chi connectivity index (χ2n) is 14.4. The number of aromatic amines is 1. The highest BCUT2D eigenvalue weighted by Crippen LogP contribution is 2.26. The third kappa shape index (κ3) is 8.64. The van der Waals surface area contributed by atoms with Crippen molar-refractivity contribution >= 4 is 48.5 Å². The van der Waals surface area contributed by atoms with Crippen molar-refractivity contribution in [1.82, 2.24) is 54.2 Å². The number of rotatable bonds is 10. The molecule has 58 heavy (non-hydrogen) atoms. The third-order valence-corrected chi connectivity index (χ3v) is 14.2. The Hall–Kier alpha value is -5.57. The predicted molar refractivity (Wildman–Crippen MR) is 215 cm³/mol. The van der Waals surface area contributed by atoms with Crippen LogP contribution in [0, 0.1) is 0 Å². The summed E-state index contributed by atoms with van der Waals surface area (Å²) in [7, 11) is -6.98. The Morgan fingerprint density at radius 2 is 1.36 bits per heavy atom. The van der Waals surface area contributed by atoms with E-state index in [0.717, 1.165) is 34.9 Å². The number of fused-ring (bicyclic) bond motifs is 4. The highest BCUT2D eigenvalue weighted by Gasteiger charge is 2.38. The van der Waals surface area contributed by atoms with Crippen LogP contribution in [0.4, 0.5) is 0 Å². The fraction of sp³-hybridized carbons (Fsp3) is 0.308. The molecule has 4 aromatic heterocycles. The number of piperazine rings is 2. The van der Waals surface area contributed by atoms with Gasteiger partial charge in [0.25, 0.3) is 11.8 Å². The fourth-order valence-corrected chi connectivity index (χ4v) is 10.3. The maximum Gasteiger partial charge on any atom is 0.267 e. The molecule has 2 amide bonds. The Morgan fingerprint density at radius 3 is 2.00 bits per heavy atom. The molecule has 2 atom stereocenters. The molecule has 2 aromatic carbocycles. The number of carbonyl (C=O) groups is 2. The molecule has 0 spiro atoms. The van der Waals surface area contributed by atoms with Crippen molar-refractivity contribution in [3.8, 4) is 0 Å². The van der Waals surface area contributed by atoms with E-state index in [1.165, 1.54) is 10.5 Å². The Labute approximate surface area is 335 Å². The summed E-state index contributed by atoms with van der Waals surface area (Å²) in [6, 6.07) is 17.4. The van der Waals surface area contributed by atoms with Gasteiger partial charge in [-0.25, -0.2) is 26.8 Å². The lowest BCUT2D eigenvalue weighted by molar-refractivity contribution is 0.0940. The summed E-state index contributed by atoms with van der Waals surface area (Å²) in [5.74, 6) is 0.0395. The quantitative estimate of drug-likeness (QED) is 0.134. The first kappa shape index (κ1) is 39.3. The third-order valence-electron chi connectivity index (χ3n) is 10.5. The molecule has 7 heterocycles. The molecular weight excluding hydrogens is 783 g/mol. The van der Waals surface area contributed by atoms with E-state index in [4.69, 9.17) is 0 Å². The van der Waals surface area contributed by atoms with E-state index >= 15 is 0 Å². The largest absolute Gasteiger partial charge is 0.350 e. The summed E-state index contributed by atoms with van der Waals surface area (Å²) in [5, 5.41) is 13.1. The predicted octanol–water partition coefficient (Wildman–Crippen LogP) is 1.87. The Morgan fingerprint density at radius 1 is 0.741 bits per heavy atom. The van der Waals surface area contributed by atoms with Crippen LogP contribution in [0.3, 0.4) is 0 Å². The minimum Gasteiger partial charge on any atom is -0.350 e. The normalized spacial score (nSPS) is 18.8. The number of amides is 2. The van der Waals surface area contributed by atoms with E-state index < -0.39 is 20.0 Å². The zero-order valence-corrected chi connectivity index (χ0v) is 33.0. The van der Waals surface area contributed by atoms with Crippen LogP contribution in [-0.2, 0) is 33.1 Å². The summed E-state index contributed by atoms with van der Waals surface area (Å²) >= 11 is 0. The van der Waals surface area contributed by atoms with E-state index in [1.807, 2.05) is 6.07 Å². The van der Waals surface area contributed by atoms with Gasteiger partial charge in [-0.1, -0.05) is 24.3 Å². The SMILES string of the molecule is O=C(NCc1ccc(S(=O)(=O)N2CC3CCC(C2)N3)cc1)c1cc2cnccc2[nH]1.O=C(NCc1ccc(S(=O)(=O)N2CCNCC2)cc1)c1cnc2nccn2c1. The van der Waals surface area contributed by atoms with Gasteiger partial charge >= 0.3 is 0 Å². The molecule has 3 aliphatic rings. The number of nitrogens with one attached hydrogen (secondary N) is 5. The van der Waals surface area contributed by atoms with Crippen LogP contribution in [0.2, 0.25) is 0 Å². The minimum atomic E-state index is -3.50. The van der Waals surface area contributed by atoms with Gasteiger partial charge in [0.2, 0.25) is 25.8 Å². The van der Waals surface area contributed by atoms with Crippen LogP contribution < -0.4 is 21.3 Å². The van der Waals surface area contributed by atoms with Crippen LogP contribution in [0.15, 0.2) is 108 Å². The number of hydrogen-bond donors (Lipinski definition) is 5. The molecule has 6 aromatic rings. The molecular formula is C39H43N11O6S2. The number of aromatic nitrogens is 5. The topological polar surface area (TPSA) is 216 Å². The van der Waals surface area contributed by atoms with Crippen molar-refractivity contribution in [3.63, 3.8) is 0 Å². The molecule has 5 N–H and O–H groups in total. The zero-order valence-electron chi connectivity index (χ0n) is 31.4. The van der Waals surface area contributed by atoms with E-state index in [9.17, 15) is 26.4 Å². The monoisotopic (exact) mass is 825 g/mol. The number of sulfonamides is 2. The number of carbonyl (C=O) groups excluding carboxylic acids is 2. The van der Waals surface area contributed by atoms with Crippen molar-refractivity contribution in [2.75, 3.05) is 39.3 Å². The second kappa shape index (κ2) is 16.7. The number of hydrogen-bond acceptors (Lipinski definition) is 11. The van der Waals surface area contributed by atoms with Gasteiger partial charge in [0.05, 0.1) is 15.4 Å².